The molecule has 1 aromatic carbocycles. The number of aryl methyl sites for hydroxylation is 1. The Morgan fingerprint density at radius 2 is 1.95 bits per heavy atom. The van der Waals surface area contributed by atoms with Crippen LogP contribution in [0.1, 0.15) is 26.3 Å². The highest BCUT2D eigenvalue weighted by Crippen LogP contribution is 2.21. The van der Waals surface area contributed by atoms with E-state index in [9.17, 15) is 14.0 Å². The molecule has 1 rings (SSSR count). The van der Waals surface area contributed by atoms with Gasteiger partial charge in [0.15, 0.2) is 5.78 Å². The normalized spacial score (nSPS) is 11.1. The van der Waals surface area contributed by atoms with Crippen LogP contribution >= 0.6 is 0 Å². The fourth-order valence-electron chi connectivity index (χ4n) is 1.42. The lowest BCUT2D eigenvalue weighted by Crippen LogP contribution is -2.38. The van der Waals surface area contributed by atoms with Gasteiger partial charge in [-0.2, -0.15) is 0 Å². The van der Waals surface area contributed by atoms with Crippen LogP contribution in [0, 0.1) is 18.2 Å². The van der Waals surface area contributed by atoms with E-state index in [4.69, 9.17) is 9.47 Å². The Morgan fingerprint density at radius 1 is 1.30 bits per heavy atom. The predicted octanol–water partition coefficient (Wildman–Crippen LogP) is 2.67. The molecule has 0 heterocycles. The molecule has 0 aliphatic rings. The zero-order valence-electron chi connectivity index (χ0n) is 12.2. The Morgan fingerprint density at radius 3 is 2.50 bits per heavy atom. The van der Waals surface area contributed by atoms with Gasteiger partial charge in [-0.1, -0.05) is 6.07 Å². The minimum absolute atomic E-state index is 0.208. The first-order valence-corrected chi connectivity index (χ1v) is 6.38. The molecule has 0 aromatic heterocycles. The largest absolute Gasteiger partial charge is 0.486 e. The first-order valence-electron chi connectivity index (χ1n) is 6.38. The average Bonchev–Trinajstić information content (AvgIpc) is 2.39. The van der Waals surface area contributed by atoms with Crippen molar-refractivity contribution in [1.82, 2.24) is 0 Å². The molecule has 0 atom stereocenters. The van der Waals surface area contributed by atoms with Gasteiger partial charge >= 0.3 is 5.97 Å². The van der Waals surface area contributed by atoms with Crippen molar-refractivity contribution in [2.45, 2.75) is 27.7 Å². The molecule has 0 bridgehead atoms. The molecule has 0 aliphatic heterocycles. The lowest BCUT2D eigenvalue weighted by atomic mass is 9.88. The van der Waals surface area contributed by atoms with E-state index in [0.717, 1.165) is 0 Å². The van der Waals surface area contributed by atoms with Gasteiger partial charge in [0.2, 0.25) is 0 Å². The molecule has 0 spiro atoms. The number of esters is 1. The minimum atomic E-state index is -1.28. The molecule has 4 nitrogen and oxygen atoms in total. The second kappa shape index (κ2) is 6.50. The second-order valence-electron chi connectivity index (χ2n) is 4.97. The number of halogens is 1. The van der Waals surface area contributed by atoms with Crippen molar-refractivity contribution in [2.24, 2.45) is 5.41 Å². The third-order valence-corrected chi connectivity index (χ3v) is 3.00. The number of hydrogen-bond donors (Lipinski definition) is 0. The maximum atomic E-state index is 13.3. The van der Waals surface area contributed by atoms with E-state index in [2.05, 4.69) is 0 Å². The van der Waals surface area contributed by atoms with Crippen LogP contribution in [0.5, 0.6) is 5.75 Å². The lowest BCUT2D eigenvalue weighted by Gasteiger charge is -2.20. The van der Waals surface area contributed by atoms with Gasteiger partial charge in [0, 0.05) is 6.07 Å². The van der Waals surface area contributed by atoms with Crippen molar-refractivity contribution >= 4 is 11.8 Å². The smallest absolute Gasteiger partial charge is 0.319 e. The molecule has 110 valence electrons. The number of rotatable bonds is 6. The van der Waals surface area contributed by atoms with Crippen LogP contribution in [-0.2, 0) is 14.3 Å². The van der Waals surface area contributed by atoms with Crippen molar-refractivity contribution < 1.29 is 23.5 Å². The van der Waals surface area contributed by atoms with Crippen LogP contribution in [0.2, 0.25) is 0 Å². The molecule has 0 N–H and O–H groups in total. The topological polar surface area (TPSA) is 52.6 Å². The summed E-state index contributed by atoms with van der Waals surface area (Å²) in [6, 6.07) is 4.34. The van der Waals surface area contributed by atoms with Gasteiger partial charge in [-0.15, -0.1) is 0 Å². The molecule has 0 saturated carbocycles. The number of hydrogen-bond acceptors (Lipinski definition) is 4. The Kier molecular flexibility index (Phi) is 5.25. The molecule has 0 fully saturated rings. The molecule has 0 aliphatic carbocycles. The Labute approximate surface area is 117 Å². The molecule has 0 unspecified atom stereocenters. The maximum Gasteiger partial charge on any atom is 0.319 e. The van der Waals surface area contributed by atoms with E-state index in [1.165, 1.54) is 19.9 Å². The highest BCUT2D eigenvalue weighted by atomic mass is 19.1. The first kappa shape index (κ1) is 16.1. The van der Waals surface area contributed by atoms with Crippen LogP contribution in [-0.4, -0.2) is 25.0 Å². The van der Waals surface area contributed by atoms with Crippen molar-refractivity contribution in [2.75, 3.05) is 13.2 Å². The number of ketones is 1. The van der Waals surface area contributed by atoms with Gasteiger partial charge in [-0.25, -0.2) is 4.39 Å². The van der Waals surface area contributed by atoms with Gasteiger partial charge in [-0.05, 0) is 39.3 Å². The van der Waals surface area contributed by atoms with Gasteiger partial charge in [0.05, 0.1) is 6.61 Å². The molecule has 1 aromatic rings. The predicted molar refractivity (Wildman–Crippen MR) is 72.1 cm³/mol. The Bertz CT molecular complexity index is 509. The monoisotopic (exact) mass is 282 g/mol. The highest BCUT2D eigenvalue weighted by molar-refractivity contribution is 6.03. The third kappa shape index (κ3) is 3.79. The average molecular weight is 282 g/mol. The van der Waals surface area contributed by atoms with Crippen LogP contribution in [0.15, 0.2) is 18.2 Å². The Hall–Kier alpha value is -1.91. The van der Waals surface area contributed by atoms with E-state index >= 15 is 0 Å². The third-order valence-electron chi connectivity index (χ3n) is 3.00. The standard InChI is InChI=1S/C15H19FO4/c1-5-19-14(18)15(3,4)13(17)9-20-11-7-6-10(2)12(16)8-11/h6-8H,5,9H2,1-4H3. The zero-order chi connectivity index (χ0) is 15.3. The van der Waals surface area contributed by atoms with Crippen molar-refractivity contribution in [3.63, 3.8) is 0 Å². The van der Waals surface area contributed by atoms with Crippen LogP contribution < -0.4 is 4.74 Å². The maximum absolute atomic E-state index is 13.3. The summed E-state index contributed by atoms with van der Waals surface area (Å²) in [5.41, 5.74) is -0.783. The summed E-state index contributed by atoms with van der Waals surface area (Å²) in [7, 11) is 0. The van der Waals surface area contributed by atoms with Gasteiger partial charge < -0.3 is 9.47 Å². The highest BCUT2D eigenvalue weighted by Gasteiger charge is 2.37. The quantitative estimate of drug-likeness (QED) is 0.594. The fraction of sp³-hybridized carbons (Fsp3) is 0.467. The molecule has 20 heavy (non-hydrogen) atoms. The van der Waals surface area contributed by atoms with Crippen molar-refractivity contribution in [1.29, 1.82) is 0 Å². The number of carbonyl (C=O) groups is 2. The minimum Gasteiger partial charge on any atom is -0.486 e. The second-order valence-corrected chi connectivity index (χ2v) is 4.97. The van der Waals surface area contributed by atoms with Crippen molar-refractivity contribution in [3.8, 4) is 5.75 Å². The first-order chi connectivity index (χ1) is 9.28. The number of Topliss-reactive ketones (excluding diaryl/α,β-unsaturated/α-hetero) is 1. The van der Waals surface area contributed by atoms with Gasteiger partial charge in [-0.3, -0.25) is 9.59 Å². The van der Waals surface area contributed by atoms with Crippen LogP contribution in [0.4, 0.5) is 4.39 Å². The molecular formula is C15H19FO4. The summed E-state index contributed by atoms with van der Waals surface area (Å²) in [5.74, 6) is -1.17. The van der Waals surface area contributed by atoms with Crippen LogP contribution in [0.25, 0.3) is 0 Å². The summed E-state index contributed by atoms with van der Waals surface area (Å²) in [6.07, 6.45) is 0. The van der Waals surface area contributed by atoms with Gasteiger partial charge in [0.1, 0.15) is 23.6 Å². The van der Waals surface area contributed by atoms with Crippen molar-refractivity contribution in [3.05, 3.63) is 29.6 Å². The number of benzene rings is 1. The molecule has 5 heteroatoms. The van der Waals surface area contributed by atoms with Crippen LogP contribution in [0.3, 0.4) is 0 Å². The summed E-state index contributed by atoms with van der Waals surface area (Å²) in [6.45, 7) is 6.16. The zero-order valence-corrected chi connectivity index (χ0v) is 12.2. The molecule has 0 saturated heterocycles. The lowest BCUT2D eigenvalue weighted by molar-refractivity contribution is -0.158. The summed E-state index contributed by atoms with van der Waals surface area (Å²) < 4.78 is 23.4. The number of carbonyl (C=O) groups excluding carboxylic acids is 2. The molecule has 0 amide bonds. The van der Waals surface area contributed by atoms with E-state index in [-0.39, 0.29) is 19.0 Å². The van der Waals surface area contributed by atoms with E-state index in [0.29, 0.717) is 5.56 Å². The summed E-state index contributed by atoms with van der Waals surface area (Å²) in [4.78, 5) is 23.6. The SMILES string of the molecule is CCOC(=O)C(C)(C)C(=O)COc1ccc(C)c(F)c1. The number of ether oxygens (including phenoxy) is 2. The van der Waals surface area contributed by atoms with E-state index < -0.39 is 23.0 Å². The fourth-order valence-corrected chi connectivity index (χ4v) is 1.42. The van der Waals surface area contributed by atoms with Gasteiger partial charge in [0.25, 0.3) is 0 Å². The Balaban J connectivity index is 2.66. The molecular weight excluding hydrogens is 263 g/mol. The summed E-state index contributed by atoms with van der Waals surface area (Å²) in [5, 5.41) is 0. The molecule has 0 radical (unpaired) electrons. The summed E-state index contributed by atoms with van der Waals surface area (Å²) >= 11 is 0. The van der Waals surface area contributed by atoms with E-state index in [1.54, 1.807) is 26.0 Å². The van der Waals surface area contributed by atoms with E-state index in [1.807, 2.05) is 0 Å².